The van der Waals surface area contributed by atoms with Crippen LogP contribution in [-0.2, 0) is 0 Å². The van der Waals surface area contributed by atoms with Crippen molar-refractivity contribution in [1.82, 2.24) is 15.0 Å². The standard InChI is InChI=1S/C45H33N3/c1-4-14-32(15-5-1)35-20-10-21-36(28-35)37-22-11-23-38(29-37)39-24-12-25-40(30-39)41-26-13-27-42(31-41)45-47-43(33-16-6-2-7-17-33)46-44(48-45)34-18-8-3-9-19-34/h2-4,6-31H,1,5H2. The molecule has 7 aromatic rings. The van der Waals surface area contributed by atoms with Crippen LogP contribution < -0.4 is 0 Å². The lowest BCUT2D eigenvalue weighted by molar-refractivity contribution is 1.04. The van der Waals surface area contributed by atoms with Gasteiger partial charge in [-0.15, -0.1) is 0 Å². The number of rotatable bonds is 7. The van der Waals surface area contributed by atoms with E-state index in [4.69, 9.17) is 15.0 Å². The zero-order valence-electron chi connectivity index (χ0n) is 26.5. The zero-order chi connectivity index (χ0) is 32.1. The van der Waals surface area contributed by atoms with Gasteiger partial charge in [0.25, 0.3) is 0 Å². The topological polar surface area (TPSA) is 38.7 Å². The molecule has 0 atom stereocenters. The van der Waals surface area contributed by atoms with E-state index in [1.54, 1.807) is 0 Å². The number of allylic oxidation sites excluding steroid dienone is 4. The first-order valence-electron chi connectivity index (χ1n) is 16.4. The molecule has 1 aromatic heterocycles. The van der Waals surface area contributed by atoms with Crippen molar-refractivity contribution < 1.29 is 0 Å². The van der Waals surface area contributed by atoms with E-state index in [0.717, 1.165) is 40.7 Å². The fourth-order valence-corrected chi connectivity index (χ4v) is 6.24. The van der Waals surface area contributed by atoms with Gasteiger partial charge < -0.3 is 0 Å². The first-order chi connectivity index (χ1) is 23.8. The van der Waals surface area contributed by atoms with Crippen LogP contribution in [0.25, 0.3) is 73.1 Å². The predicted octanol–water partition coefficient (Wildman–Crippen LogP) is 11.6. The monoisotopic (exact) mass is 615 g/mol. The summed E-state index contributed by atoms with van der Waals surface area (Å²) in [4.78, 5) is 14.7. The third-order valence-corrected chi connectivity index (χ3v) is 8.74. The molecule has 8 rings (SSSR count). The maximum absolute atomic E-state index is 4.94. The Balaban J connectivity index is 1.13. The van der Waals surface area contributed by atoms with Crippen LogP contribution in [0.1, 0.15) is 18.4 Å². The molecule has 0 fully saturated rings. The predicted molar refractivity (Wildman–Crippen MR) is 199 cm³/mol. The Morgan fingerprint density at radius 1 is 0.312 bits per heavy atom. The van der Waals surface area contributed by atoms with Crippen molar-refractivity contribution in [2.75, 3.05) is 0 Å². The molecule has 1 aliphatic carbocycles. The molecule has 3 heteroatoms. The van der Waals surface area contributed by atoms with Crippen LogP contribution in [0.3, 0.4) is 0 Å². The molecule has 48 heavy (non-hydrogen) atoms. The Labute approximate surface area is 281 Å². The van der Waals surface area contributed by atoms with Crippen molar-refractivity contribution in [1.29, 1.82) is 0 Å². The summed E-state index contributed by atoms with van der Waals surface area (Å²) in [5.41, 5.74) is 12.5. The van der Waals surface area contributed by atoms with Gasteiger partial charge in [-0.1, -0.05) is 152 Å². The van der Waals surface area contributed by atoms with Crippen LogP contribution in [0.15, 0.2) is 176 Å². The van der Waals surface area contributed by atoms with Crippen LogP contribution in [-0.4, -0.2) is 15.0 Å². The summed E-state index contributed by atoms with van der Waals surface area (Å²) in [6.07, 6.45) is 9.06. The molecule has 0 unspecified atom stereocenters. The lowest BCUT2D eigenvalue weighted by atomic mass is 9.93. The van der Waals surface area contributed by atoms with Crippen LogP contribution in [0.2, 0.25) is 0 Å². The van der Waals surface area contributed by atoms with Gasteiger partial charge in [0, 0.05) is 16.7 Å². The average molecular weight is 616 g/mol. The van der Waals surface area contributed by atoms with E-state index in [1.165, 1.54) is 33.4 Å². The molecular weight excluding hydrogens is 583 g/mol. The molecule has 3 nitrogen and oxygen atoms in total. The van der Waals surface area contributed by atoms with Gasteiger partial charge in [-0.2, -0.15) is 0 Å². The van der Waals surface area contributed by atoms with Crippen LogP contribution >= 0.6 is 0 Å². The SMILES string of the molecule is C1=CC(c2cccc(-c3cccc(-c4cccc(-c5cccc(-c6nc(-c7ccccc7)nc(-c7ccccc7)n6)c5)c4)c3)c2)=CCC1. The summed E-state index contributed by atoms with van der Waals surface area (Å²) in [5.74, 6) is 1.96. The molecule has 0 saturated carbocycles. The van der Waals surface area contributed by atoms with E-state index in [2.05, 4.69) is 115 Å². The molecule has 0 N–H and O–H groups in total. The zero-order valence-corrected chi connectivity index (χ0v) is 26.5. The maximum atomic E-state index is 4.94. The summed E-state index contributed by atoms with van der Waals surface area (Å²) in [6.45, 7) is 0. The minimum Gasteiger partial charge on any atom is -0.208 e. The average Bonchev–Trinajstić information content (AvgIpc) is 3.19. The third-order valence-electron chi connectivity index (χ3n) is 8.74. The van der Waals surface area contributed by atoms with Crippen LogP contribution in [0.4, 0.5) is 0 Å². The first kappa shape index (κ1) is 29.2. The fourth-order valence-electron chi connectivity index (χ4n) is 6.24. The first-order valence-corrected chi connectivity index (χ1v) is 16.4. The van der Waals surface area contributed by atoms with Crippen molar-refractivity contribution in [3.8, 4) is 67.5 Å². The smallest absolute Gasteiger partial charge is 0.164 e. The summed E-state index contributed by atoms with van der Waals surface area (Å²) in [5, 5.41) is 0. The van der Waals surface area contributed by atoms with Gasteiger partial charge in [0.15, 0.2) is 17.5 Å². The number of hydrogen-bond acceptors (Lipinski definition) is 3. The highest BCUT2D eigenvalue weighted by atomic mass is 15.0. The molecule has 0 aliphatic heterocycles. The van der Waals surface area contributed by atoms with Gasteiger partial charge in [-0.05, 0) is 81.6 Å². The van der Waals surface area contributed by atoms with E-state index >= 15 is 0 Å². The second-order valence-corrected chi connectivity index (χ2v) is 12.0. The molecule has 0 spiro atoms. The summed E-state index contributed by atoms with van der Waals surface area (Å²) >= 11 is 0. The Bertz CT molecular complexity index is 2230. The van der Waals surface area contributed by atoms with Gasteiger partial charge in [0.1, 0.15) is 0 Å². The highest BCUT2D eigenvalue weighted by Gasteiger charge is 2.13. The van der Waals surface area contributed by atoms with E-state index < -0.39 is 0 Å². The van der Waals surface area contributed by atoms with Crippen molar-refractivity contribution >= 4 is 5.57 Å². The molecule has 0 saturated heterocycles. The molecule has 0 bridgehead atoms. The van der Waals surface area contributed by atoms with Gasteiger partial charge in [0.05, 0.1) is 0 Å². The van der Waals surface area contributed by atoms with Gasteiger partial charge in [-0.25, -0.2) is 15.0 Å². The normalized spacial score (nSPS) is 12.5. The maximum Gasteiger partial charge on any atom is 0.164 e. The molecule has 0 radical (unpaired) electrons. The molecule has 1 aliphatic rings. The van der Waals surface area contributed by atoms with Crippen molar-refractivity contribution in [3.63, 3.8) is 0 Å². The Morgan fingerprint density at radius 3 is 1.10 bits per heavy atom. The number of nitrogens with zero attached hydrogens (tertiary/aromatic N) is 3. The van der Waals surface area contributed by atoms with Crippen molar-refractivity contribution in [3.05, 3.63) is 182 Å². The molecule has 6 aromatic carbocycles. The Hall–Kier alpha value is -6.19. The van der Waals surface area contributed by atoms with Crippen LogP contribution in [0, 0.1) is 0 Å². The number of hydrogen-bond donors (Lipinski definition) is 0. The Kier molecular flexibility index (Phi) is 8.08. The number of benzene rings is 6. The van der Waals surface area contributed by atoms with Gasteiger partial charge >= 0.3 is 0 Å². The summed E-state index contributed by atoms with van der Waals surface area (Å²) < 4.78 is 0. The van der Waals surface area contributed by atoms with E-state index in [0.29, 0.717) is 17.5 Å². The molecule has 1 heterocycles. The number of aromatic nitrogens is 3. The molecular formula is C45H33N3. The lowest BCUT2D eigenvalue weighted by Crippen LogP contribution is -2.00. The molecule has 0 amide bonds. The minimum absolute atomic E-state index is 0.648. The third kappa shape index (κ3) is 6.27. The van der Waals surface area contributed by atoms with E-state index in [-0.39, 0.29) is 0 Å². The summed E-state index contributed by atoms with van der Waals surface area (Å²) in [6, 6.07) is 55.1. The van der Waals surface area contributed by atoms with E-state index in [9.17, 15) is 0 Å². The van der Waals surface area contributed by atoms with Crippen molar-refractivity contribution in [2.45, 2.75) is 12.8 Å². The molecule has 228 valence electrons. The second-order valence-electron chi connectivity index (χ2n) is 12.0. The lowest BCUT2D eigenvalue weighted by Gasteiger charge is -2.12. The van der Waals surface area contributed by atoms with Crippen LogP contribution in [0.5, 0.6) is 0 Å². The minimum atomic E-state index is 0.648. The van der Waals surface area contributed by atoms with Crippen molar-refractivity contribution in [2.24, 2.45) is 0 Å². The van der Waals surface area contributed by atoms with Gasteiger partial charge in [-0.3, -0.25) is 0 Å². The fraction of sp³-hybridized carbons (Fsp3) is 0.0444. The second kappa shape index (κ2) is 13.3. The van der Waals surface area contributed by atoms with E-state index in [1.807, 2.05) is 60.7 Å². The quantitative estimate of drug-likeness (QED) is 0.179. The Morgan fingerprint density at radius 2 is 0.667 bits per heavy atom. The summed E-state index contributed by atoms with van der Waals surface area (Å²) in [7, 11) is 0. The highest BCUT2D eigenvalue weighted by molar-refractivity contribution is 5.81. The largest absolute Gasteiger partial charge is 0.208 e. The van der Waals surface area contributed by atoms with Gasteiger partial charge in [0.2, 0.25) is 0 Å². The highest BCUT2D eigenvalue weighted by Crippen LogP contribution is 2.33.